The minimum absolute atomic E-state index is 0.219. The molecule has 0 fully saturated rings. The number of methoxy groups -OCH3 is 2. The van der Waals surface area contributed by atoms with Crippen LogP contribution in [-0.4, -0.2) is 25.3 Å². The molecular formula is C20H18O5. The first-order valence-corrected chi connectivity index (χ1v) is 7.72. The molecule has 0 aliphatic heterocycles. The summed E-state index contributed by atoms with van der Waals surface area (Å²) in [6, 6.07) is 16.1. The average molecular weight is 338 g/mol. The number of hydrogen-bond acceptors (Lipinski definition) is 4. The number of fused-ring (bicyclic) bond motifs is 1. The molecule has 0 aliphatic rings. The van der Waals surface area contributed by atoms with Crippen LogP contribution in [0.2, 0.25) is 0 Å². The molecule has 3 aromatic carbocycles. The Morgan fingerprint density at radius 2 is 1.60 bits per heavy atom. The fraction of sp³-hybridized carbons (Fsp3) is 0.150. The normalized spacial score (nSPS) is 10.5. The molecule has 0 radical (unpaired) electrons. The van der Waals surface area contributed by atoms with Crippen LogP contribution >= 0.6 is 0 Å². The molecule has 0 bridgehead atoms. The van der Waals surface area contributed by atoms with E-state index in [-0.39, 0.29) is 12.2 Å². The minimum atomic E-state index is -0.982. The molecule has 0 saturated carbocycles. The van der Waals surface area contributed by atoms with Gasteiger partial charge in [-0.1, -0.05) is 24.3 Å². The van der Waals surface area contributed by atoms with Gasteiger partial charge in [-0.05, 0) is 35.2 Å². The summed E-state index contributed by atoms with van der Waals surface area (Å²) in [4.78, 5) is 11.5. The Morgan fingerprint density at radius 1 is 0.960 bits per heavy atom. The van der Waals surface area contributed by atoms with Gasteiger partial charge in [-0.25, -0.2) is 4.79 Å². The van der Waals surface area contributed by atoms with Gasteiger partial charge >= 0.3 is 5.97 Å². The maximum absolute atomic E-state index is 11.5. The van der Waals surface area contributed by atoms with Crippen LogP contribution < -0.4 is 14.2 Å². The fourth-order valence-corrected chi connectivity index (χ4v) is 2.72. The molecule has 128 valence electrons. The van der Waals surface area contributed by atoms with Crippen LogP contribution in [0.25, 0.3) is 10.8 Å². The van der Waals surface area contributed by atoms with Crippen LogP contribution in [0.15, 0.2) is 54.6 Å². The van der Waals surface area contributed by atoms with E-state index < -0.39 is 5.97 Å². The second-order valence-corrected chi connectivity index (χ2v) is 5.47. The summed E-state index contributed by atoms with van der Waals surface area (Å²) in [5, 5.41) is 10.9. The van der Waals surface area contributed by atoms with Crippen LogP contribution in [0.3, 0.4) is 0 Å². The molecule has 5 heteroatoms. The van der Waals surface area contributed by atoms with E-state index in [1.165, 1.54) is 0 Å². The van der Waals surface area contributed by atoms with Gasteiger partial charge in [-0.3, -0.25) is 0 Å². The third-order valence-corrected chi connectivity index (χ3v) is 3.90. The van der Waals surface area contributed by atoms with E-state index in [0.717, 1.165) is 10.9 Å². The molecule has 5 nitrogen and oxygen atoms in total. The van der Waals surface area contributed by atoms with Gasteiger partial charge in [-0.15, -0.1) is 0 Å². The Morgan fingerprint density at radius 3 is 2.20 bits per heavy atom. The number of benzene rings is 3. The maximum Gasteiger partial charge on any atom is 0.336 e. The monoisotopic (exact) mass is 338 g/mol. The molecule has 3 aromatic rings. The third kappa shape index (κ3) is 3.50. The minimum Gasteiger partial charge on any atom is -0.497 e. The van der Waals surface area contributed by atoms with Crippen molar-refractivity contribution in [2.45, 2.75) is 6.61 Å². The molecule has 0 amide bonds. The summed E-state index contributed by atoms with van der Waals surface area (Å²) in [6.07, 6.45) is 0. The maximum atomic E-state index is 11.5. The highest BCUT2D eigenvalue weighted by atomic mass is 16.5. The van der Waals surface area contributed by atoms with Gasteiger partial charge in [0.25, 0.3) is 0 Å². The van der Waals surface area contributed by atoms with Crippen molar-refractivity contribution in [3.8, 4) is 17.2 Å². The van der Waals surface area contributed by atoms with Crippen LogP contribution in [0.4, 0.5) is 0 Å². The van der Waals surface area contributed by atoms with Gasteiger partial charge in [0.05, 0.1) is 19.8 Å². The zero-order valence-corrected chi connectivity index (χ0v) is 14.0. The van der Waals surface area contributed by atoms with Crippen molar-refractivity contribution in [2.24, 2.45) is 0 Å². The van der Waals surface area contributed by atoms with E-state index in [0.29, 0.717) is 22.6 Å². The van der Waals surface area contributed by atoms with Gasteiger partial charge in [0.15, 0.2) is 0 Å². The van der Waals surface area contributed by atoms with Crippen LogP contribution in [0.1, 0.15) is 15.9 Å². The molecule has 0 aromatic heterocycles. The smallest absolute Gasteiger partial charge is 0.336 e. The van der Waals surface area contributed by atoms with Crippen molar-refractivity contribution in [1.82, 2.24) is 0 Å². The number of carboxylic acid groups (broad SMARTS) is 1. The molecule has 0 spiro atoms. The Kier molecular flexibility index (Phi) is 4.75. The van der Waals surface area contributed by atoms with Crippen LogP contribution in [0.5, 0.6) is 17.2 Å². The van der Waals surface area contributed by atoms with Gasteiger partial charge in [0.2, 0.25) is 0 Å². The Bertz CT molecular complexity index is 890. The number of rotatable bonds is 6. The van der Waals surface area contributed by atoms with Crippen LogP contribution in [0, 0.1) is 0 Å². The predicted octanol–water partition coefficient (Wildman–Crippen LogP) is 4.13. The molecule has 0 unspecified atom stereocenters. The quantitative estimate of drug-likeness (QED) is 0.732. The first-order chi connectivity index (χ1) is 12.1. The lowest BCUT2D eigenvalue weighted by molar-refractivity contribution is 0.0698. The molecule has 0 saturated heterocycles. The Balaban J connectivity index is 1.95. The van der Waals surface area contributed by atoms with Gasteiger partial charge in [0.1, 0.15) is 23.9 Å². The molecular weight excluding hydrogens is 320 g/mol. The van der Waals surface area contributed by atoms with Crippen LogP contribution in [-0.2, 0) is 6.61 Å². The standard InChI is InChI=1S/C20H18O5/c1-23-15-9-13(10-16(11-15)24-2)12-25-18-8-4-6-14-5-3-7-17(19(14)18)20(21)22/h3-11H,12H2,1-2H3,(H,21,22). The van der Waals surface area contributed by atoms with E-state index in [9.17, 15) is 9.90 Å². The van der Waals surface area contributed by atoms with Crippen molar-refractivity contribution in [2.75, 3.05) is 14.2 Å². The molecule has 0 heterocycles. The van der Waals surface area contributed by atoms with E-state index in [2.05, 4.69) is 0 Å². The highest BCUT2D eigenvalue weighted by molar-refractivity contribution is 6.06. The second kappa shape index (κ2) is 7.13. The van der Waals surface area contributed by atoms with Crippen molar-refractivity contribution >= 4 is 16.7 Å². The van der Waals surface area contributed by atoms with Crippen molar-refractivity contribution in [1.29, 1.82) is 0 Å². The van der Waals surface area contributed by atoms with Gasteiger partial charge < -0.3 is 19.3 Å². The number of ether oxygens (including phenoxy) is 3. The van der Waals surface area contributed by atoms with Crippen molar-refractivity contribution in [3.63, 3.8) is 0 Å². The highest BCUT2D eigenvalue weighted by Crippen LogP contribution is 2.30. The number of aromatic carboxylic acids is 1. The summed E-state index contributed by atoms with van der Waals surface area (Å²) in [6.45, 7) is 0.265. The SMILES string of the molecule is COc1cc(COc2cccc3cccc(C(=O)O)c23)cc(OC)c1. The average Bonchev–Trinajstić information content (AvgIpc) is 2.65. The lowest BCUT2D eigenvalue weighted by atomic mass is 10.0. The van der Waals surface area contributed by atoms with E-state index >= 15 is 0 Å². The second-order valence-electron chi connectivity index (χ2n) is 5.47. The summed E-state index contributed by atoms with van der Waals surface area (Å²) >= 11 is 0. The van der Waals surface area contributed by atoms with Crippen molar-refractivity contribution in [3.05, 3.63) is 65.7 Å². The topological polar surface area (TPSA) is 65.0 Å². The van der Waals surface area contributed by atoms with Crippen molar-refractivity contribution < 1.29 is 24.1 Å². The summed E-state index contributed by atoms with van der Waals surface area (Å²) < 4.78 is 16.4. The molecule has 0 atom stereocenters. The first kappa shape index (κ1) is 16.6. The molecule has 3 rings (SSSR count). The lowest BCUT2D eigenvalue weighted by Crippen LogP contribution is -2.01. The molecule has 25 heavy (non-hydrogen) atoms. The van der Waals surface area contributed by atoms with E-state index in [1.54, 1.807) is 38.5 Å². The number of carbonyl (C=O) groups is 1. The Labute approximate surface area is 145 Å². The first-order valence-electron chi connectivity index (χ1n) is 7.72. The predicted molar refractivity (Wildman–Crippen MR) is 94.8 cm³/mol. The summed E-state index contributed by atoms with van der Waals surface area (Å²) in [5.74, 6) is 0.881. The number of hydrogen-bond donors (Lipinski definition) is 1. The lowest BCUT2D eigenvalue weighted by Gasteiger charge is -2.13. The molecule has 0 aliphatic carbocycles. The largest absolute Gasteiger partial charge is 0.497 e. The van der Waals surface area contributed by atoms with E-state index in [4.69, 9.17) is 14.2 Å². The summed E-state index contributed by atoms with van der Waals surface area (Å²) in [7, 11) is 3.17. The summed E-state index contributed by atoms with van der Waals surface area (Å²) in [5.41, 5.74) is 1.08. The Hall–Kier alpha value is -3.21. The van der Waals surface area contributed by atoms with Gasteiger partial charge in [0, 0.05) is 11.5 Å². The zero-order chi connectivity index (χ0) is 17.8. The highest BCUT2D eigenvalue weighted by Gasteiger charge is 2.13. The molecule has 1 N–H and O–H groups in total. The third-order valence-electron chi connectivity index (χ3n) is 3.90. The van der Waals surface area contributed by atoms with E-state index in [1.807, 2.05) is 30.3 Å². The van der Waals surface area contributed by atoms with Gasteiger partial charge in [-0.2, -0.15) is 0 Å². The number of carboxylic acids is 1. The zero-order valence-electron chi connectivity index (χ0n) is 14.0. The fourth-order valence-electron chi connectivity index (χ4n) is 2.72.